The van der Waals surface area contributed by atoms with Crippen molar-refractivity contribution in [1.82, 2.24) is 5.32 Å². The molecule has 5 heteroatoms. The Morgan fingerprint density at radius 3 is 2.83 bits per heavy atom. The average molecular weight is 401 g/mol. The van der Waals surface area contributed by atoms with Gasteiger partial charge >= 0.3 is 0 Å². The molecule has 0 saturated heterocycles. The van der Waals surface area contributed by atoms with Crippen LogP contribution < -0.4 is 10.1 Å². The molecule has 0 heterocycles. The predicted octanol–water partition coefficient (Wildman–Crippen LogP) is 4.73. The third-order valence-corrected chi connectivity index (χ3v) is 6.10. The van der Waals surface area contributed by atoms with Gasteiger partial charge in [0, 0.05) is 10.5 Å². The van der Waals surface area contributed by atoms with Crippen LogP contribution in [0.25, 0.3) is 0 Å². The fourth-order valence-corrected chi connectivity index (χ4v) is 5.34. The second kappa shape index (κ2) is 7.02. The maximum atomic E-state index is 12.2. The van der Waals surface area contributed by atoms with Crippen molar-refractivity contribution in [2.24, 2.45) is 17.8 Å². The maximum absolute atomic E-state index is 12.2. The summed E-state index contributed by atoms with van der Waals surface area (Å²) < 4.78 is 6.55. The van der Waals surface area contributed by atoms with Crippen LogP contribution in [0.2, 0.25) is 5.02 Å². The standard InChI is InChI=1S/C18H23BrClNO2/c1-10-5-14(19)8-16(20)18(10)23-9-17(22)21-11(2)15-7-12-3-4-13(15)6-12/h5,8,11-13,15H,3-4,6-7,9H2,1-2H3,(H,21,22). The van der Waals surface area contributed by atoms with E-state index in [4.69, 9.17) is 16.3 Å². The molecule has 3 nitrogen and oxygen atoms in total. The number of rotatable bonds is 5. The van der Waals surface area contributed by atoms with Gasteiger partial charge in [-0.05, 0) is 68.6 Å². The Labute approximate surface area is 151 Å². The number of carbonyl (C=O) groups is 1. The van der Waals surface area contributed by atoms with E-state index in [2.05, 4.69) is 28.2 Å². The van der Waals surface area contributed by atoms with Crippen LogP contribution in [0.15, 0.2) is 16.6 Å². The van der Waals surface area contributed by atoms with E-state index in [-0.39, 0.29) is 18.6 Å². The van der Waals surface area contributed by atoms with Gasteiger partial charge in [0.25, 0.3) is 5.91 Å². The molecule has 126 valence electrons. The molecule has 0 radical (unpaired) electrons. The van der Waals surface area contributed by atoms with Crippen molar-refractivity contribution in [1.29, 1.82) is 0 Å². The zero-order chi connectivity index (χ0) is 16.6. The lowest BCUT2D eigenvalue weighted by Gasteiger charge is -2.28. The first kappa shape index (κ1) is 17.1. The van der Waals surface area contributed by atoms with Crippen LogP contribution in [0.1, 0.15) is 38.2 Å². The molecular weight excluding hydrogens is 378 g/mol. The molecule has 3 rings (SSSR count). The topological polar surface area (TPSA) is 38.3 Å². The summed E-state index contributed by atoms with van der Waals surface area (Å²) in [7, 11) is 0. The summed E-state index contributed by atoms with van der Waals surface area (Å²) >= 11 is 9.58. The molecule has 0 spiro atoms. The molecule has 2 aliphatic carbocycles. The van der Waals surface area contributed by atoms with E-state index in [1.54, 1.807) is 6.07 Å². The van der Waals surface area contributed by atoms with E-state index in [0.717, 1.165) is 21.9 Å². The Balaban J connectivity index is 1.52. The minimum absolute atomic E-state index is 0.00729. The average Bonchev–Trinajstić information content (AvgIpc) is 3.08. The predicted molar refractivity (Wildman–Crippen MR) is 95.9 cm³/mol. The quantitative estimate of drug-likeness (QED) is 0.776. The van der Waals surface area contributed by atoms with E-state index < -0.39 is 0 Å². The Kier molecular flexibility index (Phi) is 5.22. The Morgan fingerprint density at radius 2 is 2.22 bits per heavy atom. The number of halogens is 2. The normalized spacial score (nSPS) is 27.0. The zero-order valence-corrected chi connectivity index (χ0v) is 15.9. The molecule has 1 amide bonds. The van der Waals surface area contributed by atoms with Crippen molar-refractivity contribution in [2.45, 2.75) is 45.6 Å². The largest absolute Gasteiger partial charge is 0.482 e. The van der Waals surface area contributed by atoms with E-state index in [9.17, 15) is 4.79 Å². The summed E-state index contributed by atoms with van der Waals surface area (Å²) in [5, 5.41) is 3.63. The van der Waals surface area contributed by atoms with Crippen molar-refractivity contribution in [3.63, 3.8) is 0 Å². The molecule has 2 saturated carbocycles. The molecule has 2 bridgehead atoms. The van der Waals surface area contributed by atoms with Gasteiger partial charge in [0.1, 0.15) is 5.75 Å². The maximum Gasteiger partial charge on any atom is 0.258 e. The molecule has 2 aliphatic rings. The highest BCUT2D eigenvalue weighted by molar-refractivity contribution is 9.10. The number of hydrogen-bond donors (Lipinski definition) is 1. The van der Waals surface area contributed by atoms with Crippen molar-refractivity contribution in [3.8, 4) is 5.75 Å². The minimum atomic E-state index is -0.0707. The second-order valence-electron chi connectivity index (χ2n) is 7.02. The molecule has 2 fully saturated rings. The van der Waals surface area contributed by atoms with E-state index in [0.29, 0.717) is 16.7 Å². The number of hydrogen-bond acceptors (Lipinski definition) is 2. The zero-order valence-electron chi connectivity index (χ0n) is 13.6. The van der Waals surface area contributed by atoms with Gasteiger partial charge < -0.3 is 10.1 Å². The Morgan fingerprint density at radius 1 is 1.43 bits per heavy atom. The van der Waals surface area contributed by atoms with Crippen molar-refractivity contribution in [2.75, 3.05) is 6.61 Å². The van der Waals surface area contributed by atoms with E-state index in [1.807, 2.05) is 13.0 Å². The Bertz CT molecular complexity index is 584. The van der Waals surface area contributed by atoms with Crippen LogP contribution in [0.3, 0.4) is 0 Å². The molecule has 1 aromatic carbocycles. The molecule has 23 heavy (non-hydrogen) atoms. The van der Waals surface area contributed by atoms with Gasteiger partial charge in [0.05, 0.1) is 5.02 Å². The number of nitrogens with one attached hydrogen (secondary N) is 1. The third-order valence-electron chi connectivity index (χ3n) is 5.37. The van der Waals surface area contributed by atoms with Crippen LogP contribution in [-0.4, -0.2) is 18.6 Å². The lowest BCUT2D eigenvalue weighted by Crippen LogP contribution is -2.42. The fraction of sp³-hybridized carbons (Fsp3) is 0.611. The summed E-state index contributed by atoms with van der Waals surface area (Å²) in [6.45, 7) is 4.05. The van der Waals surface area contributed by atoms with E-state index >= 15 is 0 Å². The summed E-state index contributed by atoms with van der Waals surface area (Å²) in [6, 6.07) is 3.93. The number of aryl methyl sites for hydroxylation is 1. The summed E-state index contributed by atoms with van der Waals surface area (Å²) in [5.74, 6) is 2.84. The lowest BCUT2D eigenvalue weighted by molar-refractivity contribution is -0.124. The van der Waals surface area contributed by atoms with Gasteiger partial charge in [-0.25, -0.2) is 0 Å². The second-order valence-corrected chi connectivity index (χ2v) is 8.34. The molecule has 0 aromatic heterocycles. The van der Waals surface area contributed by atoms with Crippen molar-refractivity contribution in [3.05, 3.63) is 27.2 Å². The number of benzene rings is 1. The van der Waals surface area contributed by atoms with Gasteiger partial charge in [-0.1, -0.05) is 34.0 Å². The van der Waals surface area contributed by atoms with E-state index in [1.165, 1.54) is 25.7 Å². The van der Waals surface area contributed by atoms with Crippen LogP contribution in [0, 0.1) is 24.7 Å². The molecule has 4 atom stereocenters. The lowest BCUT2D eigenvalue weighted by atomic mass is 9.84. The van der Waals surface area contributed by atoms with Crippen LogP contribution >= 0.6 is 27.5 Å². The van der Waals surface area contributed by atoms with Gasteiger partial charge in [-0.2, -0.15) is 0 Å². The van der Waals surface area contributed by atoms with Crippen LogP contribution in [0.4, 0.5) is 0 Å². The molecule has 1 N–H and O–H groups in total. The highest BCUT2D eigenvalue weighted by Crippen LogP contribution is 2.49. The molecule has 1 aromatic rings. The first-order chi connectivity index (χ1) is 10.9. The number of carbonyl (C=O) groups excluding carboxylic acids is 1. The SMILES string of the molecule is Cc1cc(Br)cc(Cl)c1OCC(=O)NC(C)C1CC2CCC1C2. The highest BCUT2D eigenvalue weighted by atomic mass is 79.9. The number of ether oxygens (including phenoxy) is 1. The fourth-order valence-electron chi connectivity index (χ4n) is 4.32. The molecule has 4 unspecified atom stereocenters. The van der Waals surface area contributed by atoms with Crippen LogP contribution in [-0.2, 0) is 4.79 Å². The first-order valence-corrected chi connectivity index (χ1v) is 9.49. The van der Waals surface area contributed by atoms with Gasteiger partial charge in [0.2, 0.25) is 0 Å². The Hall–Kier alpha value is -0.740. The third kappa shape index (κ3) is 3.85. The van der Waals surface area contributed by atoms with Gasteiger partial charge in [-0.3, -0.25) is 4.79 Å². The van der Waals surface area contributed by atoms with Crippen LogP contribution in [0.5, 0.6) is 5.75 Å². The number of fused-ring (bicyclic) bond motifs is 2. The monoisotopic (exact) mass is 399 g/mol. The summed E-state index contributed by atoms with van der Waals surface area (Å²) in [5.41, 5.74) is 0.915. The first-order valence-electron chi connectivity index (χ1n) is 8.32. The smallest absolute Gasteiger partial charge is 0.258 e. The van der Waals surface area contributed by atoms with Crippen molar-refractivity contribution >= 4 is 33.4 Å². The molecule has 0 aliphatic heterocycles. The summed E-state index contributed by atoms with van der Waals surface area (Å²) in [4.78, 5) is 12.2. The molecular formula is C18H23BrClNO2. The highest BCUT2D eigenvalue weighted by Gasteiger charge is 2.42. The van der Waals surface area contributed by atoms with Crippen molar-refractivity contribution < 1.29 is 9.53 Å². The van der Waals surface area contributed by atoms with Gasteiger partial charge in [0.15, 0.2) is 6.61 Å². The number of amides is 1. The van der Waals surface area contributed by atoms with Gasteiger partial charge in [-0.15, -0.1) is 0 Å². The minimum Gasteiger partial charge on any atom is -0.482 e. The summed E-state index contributed by atoms with van der Waals surface area (Å²) in [6.07, 6.45) is 5.34.